The normalized spacial score (nSPS) is 12.6. The van der Waals surface area contributed by atoms with Crippen molar-refractivity contribution in [2.75, 3.05) is 0 Å². The first-order valence-electron chi connectivity index (χ1n) is 5.75. The maximum atomic E-state index is 12.0. The quantitative estimate of drug-likeness (QED) is 0.701. The number of hydrogen-bond acceptors (Lipinski definition) is 1. The lowest BCUT2D eigenvalue weighted by atomic mass is 9.95. The van der Waals surface area contributed by atoms with Crippen LogP contribution in [0.5, 0.6) is 0 Å². The number of fused-ring (bicyclic) bond motifs is 1. The van der Waals surface area contributed by atoms with E-state index in [1.807, 2.05) is 50.2 Å². The highest BCUT2D eigenvalue weighted by Gasteiger charge is 2.12. The van der Waals surface area contributed by atoms with Gasteiger partial charge in [-0.25, -0.2) is 0 Å². The third kappa shape index (κ3) is 1.99. The van der Waals surface area contributed by atoms with E-state index in [2.05, 4.69) is 6.07 Å². The molecule has 0 heterocycles. The number of carbonyl (C=O) groups excluding carboxylic acids is 1. The Bertz CT molecular complexity index is 514. The van der Waals surface area contributed by atoms with Crippen LogP contribution in [0.4, 0.5) is 0 Å². The molecule has 1 heteroatoms. The zero-order valence-electron chi connectivity index (χ0n) is 9.73. The molecular weight excluding hydrogens is 196 g/mol. The molecule has 0 aromatic heterocycles. The third-order valence-electron chi connectivity index (χ3n) is 3.09. The second-order valence-corrected chi connectivity index (χ2v) is 4.24. The Morgan fingerprint density at radius 1 is 1.12 bits per heavy atom. The Balaban J connectivity index is 2.43. The molecule has 0 bridgehead atoms. The molecule has 0 aliphatic carbocycles. The van der Waals surface area contributed by atoms with Crippen LogP contribution in [-0.4, -0.2) is 5.78 Å². The second-order valence-electron chi connectivity index (χ2n) is 4.24. The van der Waals surface area contributed by atoms with Gasteiger partial charge in [-0.2, -0.15) is 0 Å². The summed E-state index contributed by atoms with van der Waals surface area (Å²) < 4.78 is 0. The van der Waals surface area contributed by atoms with Crippen LogP contribution < -0.4 is 0 Å². The van der Waals surface area contributed by atoms with E-state index in [1.54, 1.807) is 0 Å². The van der Waals surface area contributed by atoms with Crippen molar-refractivity contribution in [3.63, 3.8) is 0 Å². The maximum Gasteiger partial charge on any atom is 0.165 e. The highest BCUT2D eigenvalue weighted by Crippen LogP contribution is 2.18. The van der Waals surface area contributed by atoms with Crippen LogP contribution in [0.2, 0.25) is 0 Å². The SMILES string of the molecule is CC[C@@H](C)C(=O)c1ccc2ccccc2c1. The van der Waals surface area contributed by atoms with Gasteiger partial charge in [-0.1, -0.05) is 50.2 Å². The molecule has 0 unspecified atom stereocenters. The lowest BCUT2D eigenvalue weighted by Crippen LogP contribution is -2.09. The molecule has 0 aliphatic rings. The van der Waals surface area contributed by atoms with E-state index >= 15 is 0 Å². The van der Waals surface area contributed by atoms with Crippen molar-refractivity contribution >= 4 is 16.6 Å². The van der Waals surface area contributed by atoms with Gasteiger partial charge in [-0.05, 0) is 23.3 Å². The fourth-order valence-corrected chi connectivity index (χ4v) is 1.81. The summed E-state index contributed by atoms with van der Waals surface area (Å²) in [6.07, 6.45) is 0.895. The summed E-state index contributed by atoms with van der Waals surface area (Å²) >= 11 is 0. The number of Topliss-reactive ketones (excluding diaryl/α,β-unsaturated/α-hetero) is 1. The van der Waals surface area contributed by atoms with Crippen molar-refractivity contribution in [2.45, 2.75) is 20.3 Å². The van der Waals surface area contributed by atoms with Crippen molar-refractivity contribution in [1.29, 1.82) is 0 Å². The monoisotopic (exact) mass is 212 g/mol. The zero-order valence-corrected chi connectivity index (χ0v) is 9.73. The largest absolute Gasteiger partial charge is 0.294 e. The molecule has 2 aromatic carbocycles. The Morgan fingerprint density at radius 2 is 1.81 bits per heavy atom. The first-order valence-corrected chi connectivity index (χ1v) is 5.75. The first kappa shape index (κ1) is 10.9. The zero-order chi connectivity index (χ0) is 11.5. The van der Waals surface area contributed by atoms with E-state index < -0.39 is 0 Å². The Labute approximate surface area is 96.1 Å². The van der Waals surface area contributed by atoms with Gasteiger partial charge in [0.1, 0.15) is 0 Å². The minimum atomic E-state index is 0.112. The number of benzene rings is 2. The van der Waals surface area contributed by atoms with Crippen molar-refractivity contribution in [3.05, 3.63) is 48.0 Å². The fourth-order valence-electron chi connectivity index (χ4n) is 1.81. The molecule has 0 N–H and O–H groups in total. The molecule has 0 saturated carbocycles. The molecule has 16 heavy (non-hydrogen) atoms. The van der Waals surface area contributed by atoms with Gasteiger partial charge in [-0.3, -0.25) is 4.79 Å². The molecule has 2 rings (SSSR count). The summed E-state index contributed by atoms with van der Waals surface area (Å²) in [6.45, 7) is 4.03. The fraction of sp³-hybridized carbons (Fsp3) is 0.267. The van der Waals surface area contributed by atoms with Crippen molar-refractivity contribution in [1.82, 2.24) is 0 Å². The van der Waals surface area contributed by atoms with Gasteiger partial charge in [0.25, 0.3) is 0 Å². The molecule has 1 atom stereocenters. The number of hydrogen-bond donors (Lipinski definition) is 0. The molecule has 0 fully saturated rings. The molecule has 82 valence electrons. The van der Waals surface area contributed by atoms with Crippen LogP contribution in [0, 0.1) is 5.92 Å². The van der Waals surface area contributed by atoms with Crippen molar-refractivity contribution < 1.29 is 4.79 Å². The number of ketones is 1. The number of carbonyl (C=O) groups is 1. The summed E-state index contributed by atoms with van der Waals surface area (Å²) in [5, 5.41) is 2.32. The highest BCUT2D eigenvalue weighted by molar-refractivity contribution is 6.01. The first-order chi connectivity index (χ1) is 7.72. The molecule has 0 saturated heterocycles. The molecule has 1 nitrogen and oxygen atoms in total. The molecular formula is C15H16O. The van der Waals surface area contributed by atoms with Crippen LogP contribution in [0.3, 0.4) is 0 Å². The van der Waals surface area contributed by atoms with Crippen LogP contribution in [-0.2, 0) is 0 Å². The topological polar surface area (TPSA) is 17.1 Å². The van der Waals surface area contributed by atoms with Crippen LogP contribution >= 0.6 is 0 Å². The van der Waals surface area contributed by atoms with E-state index in [0.717, 1.165) is 17.4 Å². The van der Waals surface area contributed by atoms with E-state index in [1.165, 1.54) is 5.39 Å². The number of rotatable bonds is 3. The van der Waals surface area contributed by atoms with E-state index in [9.17, 15) is 4.79 Å². The summed E-state index contributed by atoms with van der Waals surface area (Å²) in [4.78, 5) is 12.0. The van der Waals surface area contributed by atoms with Crippen LogP contribution in [0.15, 0.2) is 42.5 Å². The maximum absolute atomic E-state index is 12.0. The summed E-state index contributed by atoms with van der Waals surface area (Å²) in [5.74, 6) is 0.356. The van der Waals surface area contributed by atoms with Gasteiger partial charge in [-0.15, -0.1) is 0 Å². The minimum absolute atomic E-state index is 0.112. The van der Waals surface area contributed by atoms with Crippen molar-refractivity contribution in [2.24, 2.45) is 5.92 Å². The van der Waals surface area contributed by atoms with E-state index in [-0.39, 0.29) is 11.7 Å². The third-order valence-corrected chi connectivity index (χ3v) is 3.09. The van der Waals surface area contributed by atoms with Gasteiger partial charge in [0.2, 0.25) is 0 Å². The van der Waals surface area contributed by atoms with Crippen molar-refractivity contribution in [3.8, 4) is 0 Å². The summed E-state index contributed by atoms with van der Waals surface area (Å²) in [5.41, 5.74) is 0.827. The standard InChI is InChI=1S/C15H16O/c1-3-11(2)15(16)14-9-8-12-6-4-5-7-13(12)10-14/h4-11H,3H2,1-2H3/t11-/m1/s1. The highest BCUT2D eigenvalue weighted by atomic mass is 16.1. The van der Waals surface area contributed by atoms with Gasteiger partial charge < -0.3 is 0 Å². The molecule has 0 aliphatic heterocycles. The van der Waals surface area contributed by atoms with Gasteiger partial charge in [0.15, 0.2) is 5.78 Å². The minimum Gasteiger partial charge on any atom is -0.294 e. The lowest BCUT2D eigenvalue weighted by Gasteiger charge is -2.08. The van der Waals surface area contributed by atoms with Crippen LogP contribution in [0.25, 0.3) is 10.8 Å². The molecule has 0 amide bonds. The molecule has 0 radical (unpaired) electrons. The predicted molar refractivity (Wildman–Crippen MR) is 67.7 cm³/mol. The lowest BCUT2D eigenvalue weighted by molar-refractivity contribution is 0.0927. The Hall–Kier alpha value is -1.63. The van der Waals surface area contributed by atoms with Gasteiger partial charge in [0.05, 0.1) is 0 Å². The van der Waals surface area contributed by atoms with Gasteiger partial charge >= 0.3 is 0 Å². The average Bonchev–Trinajstić information content (AvgIpc) is 2.36. The summed E-state index contributed by atoms with van der Waals surface area (Å²) in [7, 11) is 0. The average molecular weight is 212 g/mol. The smallest absolute Gasteiger partial charge is 0.165 e. The predicted octanol–water partition coefficient (Wildman–Crippen LogP) is 4.07. The van der Waals surface area contributed by atoms with E-state index in [4.69, 9.17) is 0 Å². The van der Waals surface area contributed by atoms with Crippen LogP contribution in [0.1, 0.15) is 30.6 Å². The molecule has 0 spiro atoms. The Kier molecular flexibility index (Phi) is 3.04. The van der Waals surface area contributed by atoms with Gasteiger partial charge in [0, 0.05) is 11.5 Å². The second kappa shape index (κ2) is 4.48. The van der Waals surface area contributed by atoms with E-state index in [0.29, 0.717) is 0 Å². The summed E-state index contributed by atoms with van der Waals surface area (Å²) in [6, 6.07) is 14.1. The Morgan fingerprint density at radius 3 is 2.50 bits per heavy atom. The molecule has 2 aromatic rings.